The van der Waals surface area contributed by atoms with E-state index < -0.39 is 0 Å². The Morgan fingerprint density at radius 2 is 2.12 bits per heavy atom. The minimum Gasteiger partial charge on any atom is -0.467 e. The first-order chi connectivity index (χ1) is 8.36. The van der Waals surface area contributed by atoms with Gasteiger partial charge in [0.25, 0.3) is 0 Å². The number of methoxy groups -OCH3 is 1. The van der Waals surface area contributed by atoms with E-state index in [1.54, 1.807) is 0 Å². The molecule has 0 fully saturated rings. The minimum atomic E-state index is 0.378. The lowest BCUT2D eigenvalue weighted by Crippen LogP contribution is -1.89. The Hall–Kier alpha value is -1.92. The Bertz CT molecular complexity index is 552. The van der Waals surface area contributed by atoms with Crippen molar-refractivity contribution in [1.82, 2.24) is 5.16 Å². The molecule has 0 aliphatic carbocycles. The van der Waals surface area contributed by atoms with Gasteiger partial charge in [0.2, 0.25) is 0 Å². The van der Waals surface area contributed by atoms with E-state index in [4.69, 9.17) is 20.9 Å². The third kappa shape index (κ3) is 2.43. The van der Waals surface area contributed by atoms with Gasteiger partial charge in [-0.05, 0) is 11.6 Å². The second-order valence-corrected chi connectivity index (χ2v) is 3.50. The van der Waals surface area contributed by atoms with Crippen LogP contribution in [0.1, 0.15) is 5.56 Å². The summed E-state index contributed by atoms with van der Waals surface area (Å²) in [4.78, 5) is 0. The standard InChI is InChI=1S/C13H10ClNO2/c1-16-13-11(8-5-9-14)12(15-17-13)10-6-3-2-4-7-10/h2-4,6-7H,8H2,1H3. The van der Waals surface area contributed by atoms with Gasteiger partial charge in [-0.3, -0.25) is 0 Å². The van der Waals surface area contributed by atoms with Crippen molar-refractivity contribution in [3.8, 4) is 28.5 Å². The quantitative estimate of drug-likeness (QED) is 0.782. The minimum absolute atomic E-state index is 0.378. The van der Waals surface area contributed by atoms with Gasteiger partial charge in [0, 0.05) is 17.4 Å². The maximum atomic E-state index is 5.36. The number of nitrogens with zero attached hydrogens (tertiary/aromatic N) is 1. The van der Waals surface area contributed by atoms with Crippen molar-refractivity contribution in [2.45, 2.75) is 6.42 Å². The molecule has 0 spiro atoms. The van der Waals surface area contributed by atoms with Crippen LogP contribution in [0.2, 0.25) is 0 Å². The Morgan fingerprint density at radius 1 is 1.35 bits per heavy atom. The average Bonchev–Trinajstić information content (AvgIpc) is 2.80. The van der Waals surface area contributed by atoms with E-state index in [1.165, 1.54) is 7.11 Å². The van der Waals surface area contributed by atoms with Gasteiger partial charge in [-0.1, -0.05) is 41.4 Å². The Morgan fingerprint density at radius 3 is 2.76 bits per heavy atom. The van der Waals surface area contributed by atoms with Gasteiger partial charge in [0.15, 0.2) is 0 Å². The molecule has 0 radical (unpaired) electrons. The normalized spacial score (nSPS) is 9.53. The number of aromatic nitrogens is 1. The summed E-state index contributed by atoms with van der Waals surface area (Å²) in [6.45, 7) is 0. The van der Waals surface area contributed by atoms with E-state index in [-0.39, 0.29) is 0 Å². The van der Waals surface area contributed by atoms with Crippen LogP contribution < -0.4 is 4.74 Å². The van der Waals surface area contributed by atoms with Gasteiger partial charge < -0.3 is 9.26 Å². The third-order valence-electron chi connectivity index (χ3n) is 2.32. The lowest BCUT2D eigenvalue weighted by atomic mass is 10.1. The van der Waals surface area contributed by atoms with E-state index in [0.29, 0.717) is 12.4 Å². The smallest absolute Gasteiger partial charge is 0.315 e. The number of benzene rings is 1. The molecule has 0 amide bonds. The molecular weight excluding hydrogens is 238 g/mol. The molecule has 86 valence electrons. The SMILES string of the molecule is COc1onc(-c2ccccc2)c1CC#CCl. The zero-order valence-electron chi connectivity index (χ0n) is 9.24. The van der Waals surface area contributed by atoms with Crippen molar-refractivity contribution in [2.75, 3.05) is 7.11 Å². The molecule has 1 aromatic heterocycles. The van der Waals surface area contributed by atoms with Crippen LogP contribution in [0.25, 0.3) is 11.3 Å². The molecule has 1 aromatic carbocycles. The van der Waals surface area contributed by atoms with E-state index >= 15 is 0 Å². The fourth-order valence-corrected chi connectivity index (χ4v) is 1.62. The topological polar surface area (TPSA) is 35.3 Å². The average molecular weight is 248 g/mol. The molecule has 0 aliphatic heterocycles. The maximum Gasteiger partial charge on any atom is 0.315 e. The largest absolute Gasteiger partial charge is 0.467 e. The molecule has 3 nitrogen and oxygen atoms in total. The summed E-state index contributed by atoms with van der Waals surface area (Å²) in [5, 5.41) is 6.33. The molecule has 2 aromatic rings. The van der Waals surface area contributed by atoms with E-state index in [1.807, 2.05) is 30.3 Å². The van der Waals surface area contributed by atoms with Gasteiger partial charge in [0.05, 0.1) is 12.7 Å². The molecule has 0 atom stereocenters. The molecule has 4 heteroatoms. The molecule has 0 unspecified atom stereocenters. The number of rotatable bonds is 3. The summed E-state index contributed by atoms with van der Waals surface area (Å²) in [5.41, 5.74) is 2.51. The van der Waals surface area contributed by atoms with E-state index in [2.05, 4.69) is 16.5 Å². The number of hydrogen-bond donors (Lipinski definition) is 0. The van der Waals surface area contributed by atoms with Crippen LogP contribution in [-0.4, -0.2) is 12.3 Å². The van der Waals surface area contributed by atoms with Gasteiger partial charge >= 0.3 is 5.95 Å². The first-order valence-electron chi connectivity index (χ1n) is 5.03. The van der Waals surface area contributed by atoms with Crippen LogP contribution >= 0.6 is 11.6 Å². The van der Waals surface area contributed by atoms with E-state index in [9.17, 15) is 0 Å². The van der Waals surface area contributed by atoms with Crippen molar-refractivity contribution in [3.63, 3.8) is 0 Å². The highest BCUT2D eigenvalue weighted by atomic mass is 35.5. The summed E-state index contributed by atoms with van der Waals surface area (Å²) in [5.74, 6) is 3.15. The molecule has 0 saturated heterocycles. The molecule has 0 saturated carbocycles. The molecule has 0 N–H and O–H groups in total. The Balaban J connectivity index is 2.46. The zero-order valence-corrected chi connectivity index (χ0v) is 9.99. The predicted molar refractivity (Wildman–Crippen MR) is 65.8 cm³/mol. The summed E-state index contributed by atoms with van der Waals surface area (Å²) >= 11 is 5.36. The first-order valence-corrected chi connectivity index (χ1v) is 5.41. The van der Waals surface area contributed by atoms with Crippen LogP contribution in [-0.2, 0) is 6.42 Å². The molecular formula is C13H10ClNO2. The lowest BCUT2D eigenvalue weighted by Gasteiger charge is -1.99. The fourth-order valence-electron chi connectivity index (χ4n) is 1.56. The van der Waals surface area contributed by atoms with Crippen molar-refractivity contribution >= 4 is 11.6 Å². The van der Waals surface area contributed by atoms with Crippen molar-refractivity contribution < 1.29 is 9.26 Å². The molecule has 0 bridgehead atoms. The van der Waals surface area contributed by atoms with E-state index in [0.717, 1.165) is 16.8 Å². The highest BCUT2D eigenvalue weighted by Gasteiger charge is 2.16. The summed E-state index contributed by atoms with van der Waals surface area (Å²) in [7, 11) is 1.53. The second-order valence-electron chi connectivity index (χ2n) is 3.32. The Labute approximate surface area is 104 Å². The van der Waals surface area contributed by atoms with Crippen LogP contribution in [0.4, 0.5) is 0 Å². The summed E-state index contributed by atoms with van der Waals surface area (Å²) in [6, 6.07) is 9.73. The van der Waals surface area contributed by atoms with Crippen LogP contribution in [0, 0.1) is 11.3 Å². The Kier molecular flexibility index (Phi) is 3.69. The monoisotopic (exact) mass is 247 g/mol. The summed E-state index contributed by atoms with van der Waals surface area (Å²) < 4.78 is 10.2. The van der Waals surface area contributed by atoms with Crippen LogP contribution in [0.3, 0.4) is 0 Å². The van der Waals surface area contributed by atoms with Crippen LogP contribution in [0.15, 0.2) is 34.9 Å². The molecule has 0 aliphatic rings. The van der Waals surface area contributed by atoms with Gasteiger partial charge in [0.1, 0.15) is 5.69 Å². The molecule has 1 heterocycles. The summed E-state index contributed by atoms with van der Waals surface area (Å²) in [6.07, 6.45) is 0.445. The predicted octanol–water partition coefficient (Wildman–Crippen LogP) is 3.09. The van der Waals surface area contributed by atoms with Gasteiger partial charge in [-0.15, -0.1) is 0 Å². The van der Waals surface area contributed by atoms with Crippen molar-refractivity contribution in [3.05, 3.63) is 35.9 Å². The van der Waals surface area contributed by atoms with Crippen LogP contribution in [0.5, 0.6) is 5.95 Å². The second kappa shape index (κ2) is 5.42. The number of halogens is 1. The van der Waals surface area contributed by atoms with Gasteiger partial charge in [-0.25, -0.2) is 0 Å². The fraction of sp³-hybridized carbons (Fsp3) is 0.154. The maximum absolute atomic E-state index is 5.36. The highest BCUT2D eigenvalue weighted by molar-refractivity contribution is 6.30. The first kappa shape index (κ1) is 11.6. The van der Waals surface area contributed by atoms with Crippen molar-refractivity contribution in [2.24, 2.45) is 0 Å². The highest BCUT2D eigenvalue weighted by Crippen LogP contribution is 2.30. The molecule has 2 rings (SSSR count). The number of hydrogen-bond acceptors (Lipinski definition) is 3. The van der Waals surface area contributed by atoms with Gasteiger partial charge in [-0.2, -0.15) is 0 Å². The zero-order chi connectivity index (χ0) is 12.1. The number of ether oxygens (including phenoxy) is 1. The third-order valence-corrected chi connectivity index (χ3v) is 2.45. The molecule has 17 heavy (non-hydrogen) atoms. The lowest BCUT2D eigenvalue weighted by molar-refractivity contribution is 0.259. The van der Waals surface area contributed by atoms with Crippen molar-refractivity contribution in [1.29, 1.82) is 0 Å².